The molecule has 0 aliphatic carbocycles. The number of anilines is 1. The lowest BCUT2D eigenvalue weighted by Gasteiger charge is -2.08. The number of halogens is 1. The standard InChI is InChI=1S/C24H24ClN5O2S/c1-3-14-30-21(15-26-22(31)13-10-18-6-4-5-7-20(18)25)28-29-24(30)33-16-23(32)27-19-11-8-17(2)9-12-19/h3-13H,1,14-16H2,2H3,(H,26,31)(H,27,32). The Morgan fingerprint density at radius 3 is 2.64 bits per heavy atom. The zero-order valence-electron chi connectivity index (χ0n) is 18.1. The van der Waals surface area contributed by atoms with E-state index in [1.165, 1.54) is 17.8 Å². The highest BCUT2D eigenvalue weighted by Gasteiger charge is 2.14. The molecule has 0 unspecified atom stereocenters. The number of allylic oxidation sites excluding steroid dienone is 1. The Hall–Kier alpha value is -3.36. The van der Waals surface area contributed by atoms with Gasteiger partial charge in [0.15, 0.2) is 11.0 Å². The number of thioether (sulfide) groups is 1. The molecule has 0 fully saturated rings. The molecule has 0 spiro atoms. The average Bonchev–Trinajstić information content (AvgIpc) is 3.19. The number of carbonyl (C=O) groups excluding carboxylic acids is 2. The van der Waals surface area contributed by atoms with E-state index in [0.29, 0.717) is 22.5 Å². The van der Waals surface area contributed by atoms with Gasteiger partial charge in [0.1, 0.15) is 0 Å². The summed E-state index contributed by atoms with van der Waals surface area (Å²) >= 11 is 7.37. The van der Waals surface area contributed by atoms with Crippen LogP contribution in [0.25, 0.3) is 6.08 Å². The molecule has 0 bridgehead atoms. The molecular weight excluding hydrogens is 458 g/mol. The summed E-state index contributed by atoms with van der Waals surface area (Å²) in [5, 5.41) is 15.1. The van der Waals surface area contributed by atoms with Crippen LogP contribution in [0.2, 0.25) is 5.02 Å². The van der Waals surface area contributed by atoms with Gasteiger partial charge in [-0.05, 0) is 36.8 Å². The van der Waals surface area contributed by atoms with Crippen LogP contribution < -0.4 is 10.6 Å². The van der Waals surface area contributed by atoms with E-state index < -0.39 is 0 Å². The lowest BCUT2D eigenvalue weighted by Crippen LogP contribution is -2.23. The summed E-state index contributed by atoms with van der Waals surface area (Å²) < 4.78 is 1.81. The molecule has 3 aromatic rings. The van der Waals surface area contributed by atoms with E-state index in [0.717, 1.165) is 16.8 Å². The lowest BCUT2D eigenvalue weighted by atomic mass is 10.2. The topological polar surface area (TPSA) is 88.9 Å². The van der Waals surface area contributed by atoms with Crippen molar-refractivity contribution in [2.24, 2.45) is 0 Å². The molecule has 0 atom stereocenters. The van der Waals surface area contributed by atoms with Gasteiger partial charge in [0.2, 0.25) is 11.8 Å². The molecule has 7 nitrogen and oxygen atoms in total. The van der Waals surface area contributed by atoms with Crippen molar-refractivity contribution in [2.75, 3.05) is 11.1 Å². The first-order chi connectivity index (χ1) is 16.0. The molecule has 0 radical (unpaired) electrons. The molecule has 0 aliphatic rings. The fourth-order valence-electron chi connectivity index (χ4n) is 2.83. The first-order valence-electron chi connectivity index (χ1n) is 10.2. The number of aryl methyl sites for hydroxylation is 1. The molecule has 170 valence electrons. The van der Waals surface area contributed by atoms with E-state index in [-0.39, 0.29) is 24.1 Å². The maximum Gasteiger partial charge on any atom is 0.244 e. The van der Waals surface area contributed by atoms with Crippen LogP contribution in [0.5, 0.6) is 0 Å². The number of hydrogen-bond acceptors (Lipinski definition) is 5. The Morgan fingerprint density at radius 2 is 1.91 bits per heavy atom. The van der Waals surface area contributed by atoms with Crippen molar-refractivity contribution in [2.45, 2.75) is 25.2 Å². The van der Waals surface area contributed by atoms with Crippen molar-refractivity contribution in [3.8, 4) is 0 Å². The smallest absolute Gasteiger partial charge is 0.244 e. The summed E-state index contributed by atoms with van der Waals surface area (Å²) in [6, 6.07) is 14.9. The van der Waals surface area contributed by atoms with Crippen molar-refractivity contribution in [1.29, 1.82) is 0 Å². The van der Waals surface area contributed by atoms with Crippen LogP contribution in [0.3, 0.4) is 0 Å². The van der Waals surface area contributed by atoms with E-state index in [4.69, 9.17) is 11.6 Å². The summed E-state index contributed by atoms with van der Waals surface area (Å²) in [5.74, 6) is 0.318. The molecule has 2 amide bonds. The molecule has 2 aromatic carbocycles. The molecule has 3 rings (SSSR count). The van der Waals surface area contributed by atoms with Gasteiger partial charge in [0.05, 0.1) is 12.3 Å². The number of amides is 2. The van der Waals surface area contributed by atoms with Crippen LogP contribution in [0.4, 0.5) is 5.69 Å². The predicted octanol–water partition coefficient (Wildman–Crippen LogP) is 4.49. The number of hydrogen-bond donors (Lipinski definition) is 2. The molecular formula is C24H24ClN5O2S. The molecule has 2 N–H and O–H groups in total. The number of carbonyl (C=O) groups is 2. The summed E-state index contributed by atoms with van der Waals surface area (Å²) in [4.78, 5) is 24.5. The number of nitrogens with one attached hydrogen (secondary N) is 2. The van der Waals surface area contributed by atoms with E-state index >= 15 is 0 Å². The summed E-state index contributed by atoms with van der Waals surface area (Å²) in [6.45, 7) is 6.39. The van der Waals surface area contributed by atoms with Gasteiger partial charge in [0.25, 0.3) is 0 Å². The van der Waals surface area contributed by atoms with Crippen LogP contribution in [0.1, 0.15) is 17.0 Å². The lowest BCUT2D eigenvalue weighted by molar-refractivity contribution is -0.116. The third-order valence-electron chi connectivity index (χ3n) is 4.51. The minimum absolute atomic E-state index is 0.142. The molecule has 0 aliphatic heterocycles. The predicted molar refractivity (Wildman–Crippen MR) is 133 cm³/mol. The summed E-state index contributed by atoms with van der Waals surface area (Å²) in [6.07, 6.45) is 4.78. The molecule has 9 heteroatoms. The van der Waals surface area contributed by atoms with Gasteiger partial charge < -0.3 is 15.2 Å². The minimum Gasteiger partial charge on any atom is -0.345 e. The van der Waals surface area contributed by atoms with Crippen molar-refractivity contribution in [3.05, 3.63) is 89.2 Å². The van der Waals surface area contributed by atoms with Crippen molar-refractivity contribution < 1.29 is 9.59 Å². The summed E-state index contributed by atoms with van der Waals surface area (Å²) in [7, 11) is 0. The third-order valence-corrected chi connectivity index (χ3v) is 5.82. The highest BCUT2D eigenvalue weighted by Crippen LogP contribution is 2.19. The zero-order chi connectivity index (χ0) is 23.6. The Bertz CT molecular complexity index is 1160. The highest BCUT2D eigenvalue weighted by molar-refractivity contribution is 7.99. The van der Waals surface area contributed by atoms with Gasteiger partial charge in [-0.25, -0.2) is 0 Å². The van der Waals surface area contributed by atoms with E-state index in [2.05, 4.69) is 27.4 Å². The maximum absolute atomic E-state index is 12.3. The minimum atomic E-state index is -0.283. The highest BCUT2D eigenvalue weighted by atomic mass is 35.5. The number of nitrogens with zero attached hydrogens (tertiary/aromatic N) is 3. The van der Waals surface area contributed by atoms with Crippen LogP contribution in [-0.4, -0.2) is 32.3 Å². The van der Waals surface area contributed by atoms with Crippen molar-refractivity contribution in [3.63, 3.8) is 0 Å². The number of aromatic nitrogens is 3. The van der Waals surface area contributed by atoms with Crippen LogP contribution in [-0.2, 0) is 22.7 Å². The Labute approximate surface area is 201 Å². The van der Waals surface area contributed by atoms with Gasteiger partial charge in [-0.2, -0.15) is 0 Å². The SMILES string of the molecule is C=CCn1c(CNC(=O)C=Cc2ccccc2Cl)nnc1SCC(=O)Nc1ccc(C)cc1. The normalized spacial score (nSPS) is 10.8. The van der Waals surface area contributed by atoms with E-state index in [1.807, 2.05) is 54.0 Å². The maximum atomic E-state index is 12.3. The Morgan fingerprint density at radius 1 is 1.15 bits per heavy atom. The number of rotatable bonds is 10. The van der Waals surface area contributed by atoms with Gasteiger partial charge >= 0.3 is 0 Å². The monoisotopic (exact) mass is 481 g/mol. The van der Waals surface area contributed by atoms with Gasteiger partial charge in [0, 0.05) is 23.3 Å². The zero-order valence-corrected chi connectivity index (χ0v) is 19.7. The second kappa shape index (κ2) is 12.0. The molecule has 0 saturated carbocycles. The fraction of sp³-hybridized carbons (Fsp3) is 0.167. The van der Waals surface area contributed by atoms with Crippen molar-refractivity contribution >= 4 is 46.9 Å². The average molecular weight is 482 g/mol. The van der Waals surface area contributed by atoms with Crippen molar-refractivity contribution in [1.82, 2.24) is 20.1 Å². The van der Waals surface area contributed by atoms with Crippen LogP contribution in [0.15, 0.2) is 72.4 Å². The fourth-order valence-corrected chi connectivity index (χ4v) is 3.80. The second-order valence-corrected chi connectivity index (χ2v) is 8.42. The number of benzene rings is 2. The summed E-state index contributed by atoms with van der Waals surface area (Å²) in [5.41, 5.74) is 2.62. The quantitative estimate of drug-likeness (QED) is 0.253. The van der Waals surface area contributed by atoms with Gasteiger partial charge in [-0.15, -0.1) is 16.8 Å². The molecule has 1 aromatic heterocycles. The Balaban J connectivity index is 1.56. The Kier molecular flexibility index (Phi) is 8.86. The van der Waals surface area contributed by atoms with E-state index in [9.17, 15) is 9.59 Å². The van der Waals surface area contributed by atoms with E-state index in [1.54, 1.807) is 18.2 Å². The molecule has 1 heterocycles. The second-order valence-electron chi connectivity index (χ2n) is 7.07. The first kappa shape index (κ1) is 24.3. The molecule has 0 saturated heterocycles. The van der Waals surface area contributed by atoms with Crippen LogP contribution >= 0.6 is 23.4 Å². The van der Waals surface area contributed by atoms with Crippen LogP contribution in [0, 0.1) is 6.92 Å². The third kappa shape index (κ3) is 7.34. The largest absolute Gasteiger partial charge is 0.345 e. The first-order valence-corrected chi connectivity index (χ1v) is 11.6. The molecule has 33 heavy (non-hydrogen) atoms. The van der Waals surface area contributed by atoms with Gasteiger partial charge in [-0.3, -0.25) is 9.59 Å². The van der Waals surface area contributed by atoms with Gasteiger partial charge in [-0.1, -0.05) is 65.3 Å².